The van der Waals surface area contributed by atoms with Gasteiger partial charge in [0.25, 0.3) is 5.91 Å². The number of piperidine rings is 1. The fourth-order valence-electron chi connectivity index (χ4n) is 3.10. The molecule has 2 unspecified atom stereocenters. The molecule has 3 rings (SSSR count). The summed E-state index contributed by atoms with van der Waals surface area (Å²) >= 11 is 0. The first kappa shape index (κ1) is 9.89. The zero-order chi connectivity index (χ0) is 11.4. The van der Waals surface area contributed by atoms with Crippen molar-refractivity contribution in [2.24, 2.45) is 11.8 Å². The van der Waals surface area contributed by atoms with E-state index in [1.54, 1.807) is 4.90 Å². The second-order valence-electron chi connectivity index (χ2n) is 4.84. The van der Waals surface area contributed by atoms with Crippen molar-refractivity contribution < 1.29 is 19.8 Å². The van der Waals surface area contributed by atoms with Crippen molar-refractivity contribution in [3.8, 4) is 0 Å². The Morgan fingerprint density at radius 1 is 1.31 bits per heavy atom. The zero-order valence-corrected chi connectivity index (χ0v) is 8.74. The highest BCUT2D eigenvalue weighted by Crippen LogP contribution is 2.49. The number of rotatable bonds is 1. The van der Waals surface area contributed by atoms with Gasteiger partial charge in [-0.15, -0.1) is 0 Å². The van der Waals surface area contributed by atoms with E-state index in [0.717, 1.165) is 0 Å². The molecule has 0 bridgehead atoms. The number of hydrogen-bond acceptors (Lipinski definition) is 3. The van der Waals surface area contributed by atoms with Gasteiger partial charge in [-0.3, -0.25) is 4.79 Å². The molecule has 0 aromatic carbocycles. The Labute approximate surface area is 92.4 Å². The van der Waals surface area contributed by atoms with Crippen molar-refractivity contribution in [3.63, 3.8) is 0 Å². The molecule has 2 aliphatic heterocycles. The van der Waals surface area contributed by atoms with Gasteiger partial charge >= 0.3 is 6.09 Å². The van der Waals surface area contributed by atoms with E-state index in [-0.39, 0.29) is 11.9 Å². The molecule has 2 saturated heterocycles. The fraction of sp³-hybridized carbons (Fsp3) is 0.800. The minimum absolute atomic E-state index is 0.179. The Morgan fingerprint density at radius 3 is 2.38 bits per heavy atom. The van der Waals surface area contributed by atoms with Crippen LogP contribution in [-0.4, -0.2) is 63.8 Å². The van der Waals surface area contributed by atoms with Crippen LogP contribution in [0.5, 0.6) is 0 Å². The molecule has 0 radical (unpaired) electrons. The maximum Gasteiger partial charge on any atom is 0.407 e. The smallest absolute Gasteiger partial charge is 0.407 e. The van der Waals surface area contributed by atoms with Gasteiger partial charge in [-0.05, 0) is 6.42 Å². The van der Waals surface area contributed by atoms with Gasteiger partial charge in [0.2, 0.25) is 0 Å². The zero-order valence-electron chi connectivity index (χ0n) is 8.74. The number of amides is 2. The van der Waals surface area contributed by atoms with Crippen LogP contribution in [-0.2, 0) is 4.79 Å². The van der Waals surface area contributed by atoms with Crippen molar-refractivity contribution in [1.82, 2.24) is 9.80 Å². The second kappa shape index (κ2) is 3.10. The molecule has 88 valence electrons. The first-order chi connectivity index (χ1) is 7.59. The summed E-state index contributed by atoms with van der Waals surface area (Å²) in [5.74, 6) is 0.414. The predicted molar refractivity (Wildman–Crippen MR) is 52.7 cm³/mol. The monoisotopic (exact) mass is 226 g/mol. The molecule has 1 aliphatic carbocycles. The van der Waals surface area contributed by atoms with Gasteiger partial charge in [0.15, 0.2) is 0 Å². The Balaban J connectivity index is 1.63. The van der Waals surface area contributed by atoms with Gasteiger partial charge in [-0.25, -0.2) is 4.79 Å². The quantitative estimate of drug-likeness (QED) is 0.612. The average Bonchev–Trinajstić information content (AvgIpc) is 2.61. The van der Waals surface area contributed by atoms with Gasteiger partial charge in [0.1, 0.15) is 6.10 Å². The van der Waals surface area contributed by atoms with E-state index in [0.29, 0.717) is 37.9 Å². The number of nitrogens with zero attached hydrogens (tertiary/aromatic N) is 2. The fourth-order valence-corrected chi connectivity index (χ4v) is 3.10. The summed E-state index contributed by atoms with van der Waals surface area (Å²) < 4.78 is 0. The highest BCUT2D eigenvalue weighted by Gasteiger charge is 2.61. The summed E-state index contributed by atoms with van der Waals surface area (Å²) in [6.45, 7) is 1.68. The molecular weight excluding hydrogens is 212 g/mol. The molecule has 2 heterocycles. The summed E-state index contributed by atoms with van der Waals surface area (Å²) in [7, 11) is 0. The molecule has 6 nitrogen and oxygen atoms in total. The van der Waals surface area contributed by atoms with E-state index in [4.69, 9.17) is 5.11 Å². The number of fused-ring (bicyclic) bond motifs is 1. The topological polar surface area (TPSA) is 81.1 Å². The van der Waals surface area contributed by atoms with Crippen LogP contribution >= 0.6 is 0 Å². The maximum absolute atomic E-state index is 11.6. The number of hydrogen-bond donors (Lipinski definition) is 2. The van der Waals surface area contributed by atoms with Crippen LogP contribution in [0.3, 0.4) is 0 Å². The summed E-state index contributed by atoms with van der Waals surface area (Å²) in [6, 6.07) is 0.181. The minimum Gasteiger partial charge on any atom is -0.465 e. The lowest BCUT2D eigenvalue weighted by molar-refractivity contribution is -0.135. The Morgan fingerprint density at radius 2 is 1.94 bits per heavy atom. The van der Waals surface area contributed by atoms with Crippen LogP contribution in [0.4, 0.5) is 4.79 Å². The van der Waals surface area contributed by atoms with Crippen molar-refractivity contribution >= 4 is 12.0 Å². The summed E-state index contributed by atoms with van der Waals surface area (Å²) in [5, 5.41) is 18.2. The molecule has 0 aromatic rings. The molecule has 16 heavy (non-hydrogen) atoms. The van der Waals surface area contributed by atoms with Crippen LogP contribution in [0.1, 0.15) is 6.42 Å². The number of aliphatic hydroxyl groups excluding tert-OH is 1. The van der Waals surface area contributed by atoms with Crippen molar-refractivity contribution in [3.05, 3.63) is 0 Å². The number of carbonyl (C=O) groups is 2. The predicted octanol–water partition coefficient (Wildman–Crippen LogP) is -0.812. The van der Waals surface area contributed by atoms with Gasteiger partial charge in [0.05, 0.1) is 0 Å². The highest BCUT2D eigenvalue weighted by molar-refractivity contribution is 5.83. The SMILES string of the molecule is O=C(O)N1C[C@@H]2C(N3CCC(O)C3=O)[C@@H]2C1. The summed E-state index contributed by atoms with van der Waals surface area (Å²) in [4.78, 5) is 25.4. The largest absolute Gasteiger partial charge is 0.465 e. The molecule has 2 amide bonds. The third-order valence-electron chi connectivity index (χ3n) is 3.99. The lowest BCUT2D eigenvalue weighted by Gasteiger charge is -2.22. The number of aliphatic hydroxyl groups is 1. The van der Waals surface area contributed by atoms with Gasteiger partial charge in [-0.2, -0.15) is 0 Å². The van der Waals surface area contributed by atoms with Crippen molar-refractivity contribution in [1.29, 1.82) is 0 Å². The number of likely N-dealkylation sites (tertiary alicyclic amines) is 2. The second-order valence-corrected chi connectivity index (χ2v) is 4.84. The van der Waals surface area contributed by atoms with E-state index in [2.05, 4.69) is 0 Å². The van der Waals surface area contributed by atoms with Crippen LogP contribution < -0.4 is 0 Å². The molecule has 0 aromatic heterocycles. The molecule has 4 atom stereocenters. The van der Waals surface area contributed by atoms with Crippen molar-refractivity contribution in [2.45, 2.75) is 18.6 Å². The number of carboxylic acid groups (broad SMARTS) is 1. The van der Waals surface area contributed by atoms with Crippen LogP contribution in [0.2, 0.25) is 0 Å². The highest BCUT2D eigenvalue weighted by atomic mass is 16.4. The first-order valence-electron chi connectivity index (χ1n) is 5.56. The van der Waals surface area contributed by atoms with Gasteiger partial charge in [0, 0.05) is 37.5 Å². The average molecular weight is 226 g/mol. The maximum atomic E-state index is 11.6. The molecule has 3 fully saturated rings. The molecule has 0 spiro atoms. The molecule has 2 N–H and O–H groups in total. The molecular formula is C10H14N2O4. The lowest BCUT2D eigenvalue weighted by Crippen LogP contribution is -2.38. The lowest BCUT2D eigenvalue weighted by atomic mass is 10.3. The van der Waals surface area contributed by atoms with Crippen molar-refractivity contribution in [2.75, 3.05) is 19.6 Å². The molecule has 6 heteroatoms. The van der Waals surface area contributed by atoms with E-state index in [1.165, 1.54) is 4.90 Å². The van der Waals surface area contributed by atoms with E-state index in [1.807, 2.05) is 0 Å². The van der Waals surface area contributed by atoms with E-state index < -0.39 is 12.2 Å². The number of carbonyl (C=O) groups excluding carboxylic acids is 1. The van der Waals surface area contributed by atoms with Crippen LogP contribution in [0, 0.1) is 11.8 Å². The Bertz CT molecular complexity index is 347. The van der Waals surface area contributed by atoms with Crippen LogP contribution in [0.25, 0.3) is 0 Å². The Hall–Kier alpha value is -1.30. The van der Waals surface area contributed by atoms with Crippen LogP contribution in [0.15, 0.2) is 0 Å². The van der Waals surface area contributed by atoms with E-state index in [9.17, 15) is 14.7 Å². The van der Waals surface area contributed by atoms with E-state index >= 15 is 0 Å². The Kier molecular flexibility index (Phi) is 1.92. The third kappa shape index (κ3) is 1.22. The first-order valence-corrected chi connectivity index (χ1v) is 5.56. The standard InChI is InChI=1S/C10H14N2O4/c13-7-1-2-12(9(7)14)8-5-3-11(10(15)16)4-6(5)8/h5-8,13H,1-4H2,(H,15,16)/t5-,6+,7?,8?. The normalized spacial score (nSPS) is 41.4. The van der Waals surface area contributed by atoms with Gasteiger partial charge < -0.3 is 20.0 Å². The molecule has 1 saturated carbocycles. The third-order valence-corrected chi connectivity index (χ3v) is 3.99. The minimum atomic E-state index is -0.876. The molecule has 3 aliphatic rings. The van der Waals surface area contributed by atoms with Gasteiger partial charge in [-0.1, -0.05) is 0 Å². The summed E-state index contributed by atoms with van der Waals surface area (Å²) in [5.41, 5.74) is 0. The summed E-state index contributed by atoms with van der Waals surface area (Å²) in [6.07, 6.45) is -1.20.